The van der Waals surface area contributed by atoms with Gasteiger partial charge in [-0.2, -0.15) is 5.10 Å². The zero-order valence-corrected chi connectivity index (χ0v) is 35.3. The minimum Gasteiger partial charge on any atom is -0.476 e. The first-order valence-electron chi connectivity index (χ1n) is 21.2. The van der Waals surface area contributed by atoms with Gasteiger partial charge in [0, 0.05) is 41.0 Å². The van der Waals surface area contributed by atoms with Gasteiger partial charge in [-0.3, -0.25) is 5.10 Å². The number of carbonyl (C=O) groups is 1. The number of aryl methyl sites for hydroxylation is 2. The Kier molecular flexibility index (Phi) is 9.00. The fraction of sp³-hybridized carbons (Fsp3) is 0.556. The van der Waals surface area contributed by atoms with Gasteiger partial charge in [0.1, 0.15) is 5.82 Å². The summed E-state index contributed by atoms with van der Waals surface area (Å²) in [5.74, 6) is 0.881. The Morgan fingerprint density at radius 2 is 1.74 bits per heavy atom. The number of ether oxygens (including phenoxy) is 1. The Labute approximate surface area is 344 Å². The van der Waals surface area contributed by atoms with Gasteiger partial charge in [0.15, 0.2) is 22.5 Å². The number of likely N-dealkylation sites (tertiary alicyclic amines) is 1. The van der Waals surface area contributed by atoms with Gasteiger partial charge in [0.25, 0.3) is 0 Å². The number of anilines is 4. The van der Waals surface area contributed by atoms with Gasteiger partial charge in [0.2, 0.25) is 0 Å². The zero-order chi connectivity index (χ0) is 40.0. The first kappa shape index (κ1) is 37.8. The number of thiazole rings is 1. The van der Waals surface area contributed by atoms with E-state index in [-0.39, 0.29) is 27.5 Å². The minimum absolute atomic E-state index is 0.0237. The molecule has 5 fully saturated rings. The van der Waals surface area contributed by atoms with E-state index in [1.165, 1.54) is 37.9 Å². The molecule has 0 amide bonds. The molecule has 11 rings (SSSR count). The normalized spacial score (nSPS) is 27.8. The number of carboxylic acids is 1. The molecule has 4 aliphatic carbocycles. The van der Waals surface area contributed by atoms with Crippen LogP contribution in [0.25, 0.3) is 21.3 Å². The number of nitrogens with one attached hydrogen (secondary N) is 2. The van der Waals surface area contributed by atoms with Gasteiger partial charge in [-0.05, 0) is 151 Å². The molecule has 4 bridgehead atoms. The summed E-state index contributed by atoms with van der Waals surface area (Å²) in [6.45, 7) is 16.0. The predicted molar refractivity (Wildman–Crippen MR) is 228 cm³/mol. The maximum absolute atomic E-state index is 13.1. The van der Waals surface area contributed by atoms with E-state index in [4.69, 9.17) is 24.9 Å². The van der Waals surface area contributed by atoms with E-state index < -0.39 is 5.97 Å². The number of fused-ring (bicyclic) bond motifs is 2. The third-order valence-electron chi connectivity index (χ3n) is 14.0. The number of hydrogen-bond donors (Lipinski definition) is 3. The summed E-state index contributed by atoms with van der Waals surface area (Å²) in [6, 6.07) is 10.2. The number of aromatic nitrogens is 6. The van der Waals surface area contributed by atoms with Crippen molar-refractivity contribution in [3.05, 3.63) is 64.1 Å². The lowest BCUT2D eigenvalue weighted by Gasteiger charge is -2.69. The van der Waals surface area contributed by atoms with Crippen LogP contribution in [0.4, 0.5) is 22.6 Å². The average molecular weight is 802 g/mol. The van der Waals surface area contributed by atoms with Crippen LogP contribution in [-0.4, -0.2) is 84.7 Å². The molecule has 58 heavy (non-hydrogen) atoms. The summed E-state index contributed by atoms with van der Waals surface area (Å²) in [4.78, 5) is 27.4. The smallest absolute Gasteiger partial charge is 0.355 e. The van der Waals surface area contributed by atoms with Crippen LogP contribution in [0.2, 0.25) is 0 Å². The lowest BCUT2D eigenvalue weighted by atomic mass is 9.38. The SMILES string of the molecule is Cc1ccc2sc(Nc3nnc4c(c3C)CCCN4c3ccc(-c4c(CC56CC7(C)CC(C)(C5)CC(OCCN5CCCC5)(C7)C6)n[nH]c4C)c(C(=O)O)n3)nc2c1. The molecule has 4 aromatic heterocycles. The fourth-order valence-electron chi connectivity index (χ4n) is 13.0. The van der Waals surface area contributed by atoms with E-state index in [2.05, 4.69) is 66.3 Å². The molecule has 0 radical (unpaired) electrons. The Hall–Kier alpha value is -4.46. The van der Waals surface area contributed by atoms with E-state index in [1.54, 1.807) is 11.3 Å². The molecule has 3 N–H and O–H groups in total. The molecule has 2 atom stereocenters. The lowest BCUT2D eigenvalue weighted by molar-refractivity contribution is -0.245. The molecule has 2 unspecified atom stereocenters. The summed E-state index contributed by atoms with van der Waals surface area (Å²) >= 11 is 1.59. The van der Waals surface area contributed by atoms with Crippen molar-refractivity contribution in [3.8, 4) is 11.1 Å². The topological polar surface area (TPSA) is 145 Å². The predicted octanol–water partition coefficient (Wildman–Crippen LogP) is 9.10. The summed E-state index contributed by atoms with van der Waals surface area (Å²) in [6.07, 6.45) is 11.9. The molecular weight excluding hydrogens is 747 g/mol. The van der Waals surface area contributed by atoms with Crippen LogP contribution in [0.1, 0.15) is 110 Å². The number of rotatable bonds is 11. The van der Waals surface area contributed by atoms with Gasteiger partial charge in [-0.15, -0.1) is 10.2 Å². The lowest BCUT2D eigenvalue weighted by Crippen LogP contribution is -2.64. The van der Waals surface area contributed by atoms with Crippen LogP contribution >= 0.6 is 11.3 Å². The molecule has 6 heterocycles. The minimum atomic E-state index is -1.06. The van der Waals surface area contributed by atoms with E-state index in [0.717, 1.165) is 108 Å². The maximum Gasteiger partial charge on any atom is 0.355 e. The van der Waals surface area contributed by atoms with Gasteiger partial charge in [-0.25, -0.2) is 14.8 Å². The highest BCUT2D eigenvalue weighted by Gasteiger charge is 2.66. The molecule has 12 nitrogen and oxygen atoms in total. The second-order valence-corrected chi connectivity index (χ2v) is 20.4. The average Bonchev–Trinajstić information content (AvgIpc) is 3.91. The number of H-pyrrole nitrogens is 1. The monoisotopic (exact) mass is 801 g/mol. The van der Waals surface area contributed by atoms with Crippen LogP contribution in [0, 0.1) is 37.0 Å². The Balaban J connectivity index is 0.933. The summed E-state index contributed by atoms with van der Waals surface area (Å²) in [5.41, 5.74) is 7.85. The number of aromatic carboxylic acids is 1. The van der Waals surface area contributed by atoms with E-state index in [1.807, 2.05) is 24.0 Å². The highest BCUT2D eigenvalue weighted by molar-refractivity contribution is 7.22. The third kappa shape index (κ3) is 6.67. The zero-order valence-electron chi connectivity index (χ0n) is 34.5. The fourth-order valence-corrected chi connectivity index (χ4v) is 13.8. The van der Waals surface area contributed by atoms with Crippen LogP contribution in [0.5, 0.6) is 0 Å². The van der Waals surface area contributed by atoms with E-state index in [0.29, 0.717) is 29.6 Å². The summed E-state index contributed by atoms with van der Waals surface area (Å²) < 4.78 is 8.15. The molecule has 13 heteroatoms. The van der Waals surface area contributed by atoms with E-state index >= 15 is 0 Å². The van der Waals surface area contributed by atoms with Gasteiger partial charge in [-0.1, -0.05) is 31.3 Å². The van der Waals surface area contributed by atoms with Crippen molar-refractivity contribution in [2.75, 3.05) is 43.0 Å². The van der Waals surface area contributed by atoms with Crippen molar-refractivity contribution in [1.29, 1.82) is 0 Å². The number of pyridine rings is 1. The number of carboxylic acid groups (broad SMARTS) is 1. The highest BCUT2D eigenvalue weighted by Crippen LogP contribution is 2.72. The number of hydrogen-bond acceptors (Lipinski definition) is 11. The molecule has 0 spiro atoms. The van der Waals surface area contributed by atoms with Crippen molar-refractivity contribution in [1.82, 2.24) is 35.3 Å². The van der Waals surface area contributed by atoms with Crippen molar-refractivity contribution < 1.29 is 14.6 Å². The molecule has 1 saturated heterocycles. The Morgan fingerprint density at radius 1 is 0.948 bits per heavy atom. The number of aromatic amines is 1. The first-order chi connectivity index (χ1) is 27.8. The number of benzene rings is 1. The number of nitrogens with zero attached hydrogens (tertiary/aromatic N) is 7. The van der Waals surface area contributed by atoms with Gasteiger partial charge < -0.3 is 25.0 Å². The van der Waals surface area contributed by atoms with Crippen molar-refractivity contribution in [2.45, 2.75) is 111 Å². The van der Waals surface area contributed by atoms with Crippen LogP contribution in [-0.2, 0) is 17.6 Å². The van der Waals surface area contributed by atoms with Gasteiger partial charge in [0.05, 0.1) is 28.1 Å². The molecule has 304 valence electrons. The van der Waals surface area contributed by atoms with Gasteiger partial charge >= 0.3 is 5.97 Å². The van der Waals surface area contributed by atoms with Crippen LogP contribution in [0.15, 0.2) is 30.3 Å². The molecule has 5 aromatic rings. The van der Waals surface area contributed by atoms with Crippen molar-refractivity contribution in [2.24, 2.45) is 16.2 Å². The van der Waals surface area contributed by atoms with E-state index in [9.17, 15) is 9.90 Å². The quantitative estimate of drug-likeness (QED) is 0.118. The first-order valence-corrected chi connectivity index (χ1v) is 22.0. The van der Waals surface area contributed by atoms with Crippen LogP contribution < -0.4 is 10.2 Å². The summed E-state index contributed by atoms with van der Waals surface area (Å²) in [7, 11) is 0. The van der Waals surface area contributed by atoms with Crippen LogP contribution in [0.3, 0.4) is 0 Å². The van der Waals surface area contributed by atoms with Crippen molar-refractivity contribution >= 4 is 50.1 Å². The highest BCUT2D eigenvalue weighted by atomic mass is 32.1. The molecule has 1 aromatic carbocycles. The second kappa shape index (κ2) is 13.8. The second-order valence-electron chi connectivity index (χ2n) is 19.3. The molecular formula is C45H55N9O3S. The Bertz CT molecular complexity index is 2420. The van der Waals surface area contributed by atoms with Crippen molar-refractivity contribution in [3.63, 3.8) is 0 Å². The molecule has 4 saturated carbocycles. The standard InChI is InChI=1S/C45H55N9O3S/c1-27-10-12-34-32(19-27)46-41(58-34)48-38-28(2)30-9-8-16-54(39(30)52-51-38)35-13-11-31(37(47-35)40(55)56)36-29(3)49-50-33(36)20-44-22-42(4)21-43(5,23-44)25-45(24-42,26-44)57-18-17-53-14-6-7-15-53/h10-13,19H,6-9,14-18,20-26H2,1-5H3,(H,49,50)(H,55,56)(H,46,48,51). The molecule has 2 aliphatic heterocycles. The third-order valence-corrected chi connectivity index (χ3v) is 15.0. The molecule has 6 aliphatic rings. The maximum atomic E-state index is 13.1. The largest absolute Gasteiger partial charge is 0.476 e. The summed E-state index contributed by atoms with van der Waals surface area (Å²) in [5, 5.41) is 32.5. The Morgan fingerprint density at radius 3 is 2.52 bits per heavy atom.